The van der Waals surface area contributed by atoms with Crippen molar-refractivity contribution < 1.29 is 22.3 Å². The fourth-order valence-electron chi connectivity index (χ4n) is 1.47. The number of pyridine rings is 1. The predicted octanol–water partition coefficient (Wildman–Crippen LogP) is 6.65. The molecule has 2 rings (SSSR count). The molecule has 0 saturated heterocycles. The molecule has 0 spiro atoms. The minimum absolute atomic E-state index is 0.149. The van der Waals surface area contributed by atoms with Crippen LogP contribution in [0.1, 0.15) is 5.56 Å². The van der Waals surface area contributed by atoms with Gasteiger partial charge in [0, 0.05) is 0 Å². The first kappa shape index (κ1) is 17.4. The van der Waals surface area contributed by atoms with E-state index in [4.69, 9.17) is 51.1 Å². The van der Waals surface area contributed by atoms with Gasteiger partial charge in [0.2, 0.25) is 5.88 Å². The second-order valence-corrected chi connectivity index (χ2v) is 5.41. The molecule has 2 nitrogen and oxygen atoms in total. The Bertz CT molecular complexity index is 736. The Morgan fingerprint density at radius 3 is 2.18 bits per heavy atom. The number of hydrogen-bond donors (Lipinski definition) is 0. The van der Waals surface area contributed by atoms with Crippen LogP contribution in [0.25, 0.3) is 0 Å². The molecule has 0 radical (unpaired) electrons. The zero-order valence-corrected chi connectivity index (χ0v) is 13.1. The Balaban J connectivity index is 2.55. The molecule has 0 atom stereocenters. The number of halogens is 8. The highest BCUT2D eigenvalue weighted by Crippen LogP contribution is 2.46. The van der Waals surface area contributed by atoms with Crippen molar-refractivity contribution in [1.82, 2.24) is 4.98 Å². The van der Waals surface area contributed by atoms with Crippen LogP contribution < -0.4 is 4.74 Å². The topological polar surface area (TPSA) is 22.1 Å². The smallest absolute Gasteiger partial charge is 0.419 e. The van der Waals surface area contributed by atoms with Gasteiger partial charge in [0.1, 0.15) is 22.2 Å². The average molecular weight is 395 g/mol. The van der Waals surface area contributed by atoms with Crippen molar-refractivity contribution in [3.8, 4) is 11.6 Å². The molecular formula is C12H3Cl4F4NO. The van der Waals surface area contributed by atoms with Gasteiger partial charge in [0.25, 0.3) is 0 Å². The number of benzene rings is 1. The predicted molar refractivity (Wildman–Crippen MR) is 75.8 cm³/mol. The Morgan fingerprint density at radius 1 is 1.00 bits per heavy atom. The van der Waals surface area contributed by atoms with Crippen LogP contribution in [0.2, 0.25) is 20.2 Å². The first-order valence-corrected chi connectivity index (χ1v) is 6.87. The third-order valence-corrected chi connectivity index (χ3v) is 3.78. The van der Waals surface area contributed by atoms with Gasteiger partial charge < -0.3 is 4.74 Å². The summed E-state index contributed by atoms with van der Waals surface area (Å²) < 4.78 is 56.9. The monoisotopic (exact) mass is 393 g/mol. The van der Waals surface area contributed by atoms with Crippen LogP contribution in [0, 0.1) is 5.82 Å². The van der Waals surface area contributed by atoms with Gasteiger partial charge in [-0.3, -0.25) is 0 Å². The van der Waals surface area contributed by atoms with Gasteiger partial charge in [0.15, 0.2) is 5.15 Å². The van der Waals surface area contributed by atoms with Crippen LogP contribution in [0.5, 0.6) is 11.6 Å². The lowest BCUT2D eigenvalue weighted by atomic mass is 10.2. The first-order valence-electron chi connectivity index (χ1n) is 5.36. The summed E-state index contributed by atoms with van der Waals surface area (Å²) in [5, 5.41) is -2.57. The summed E-state index contributed by atoms with van der Waals surface area (Å²) >= 11 is 22.4. The van der Waals surface area contributed by atoms with Crippen molar-refractivity contribution in [2.45, 2.75) is 6.18 Å². The summed E-state index contributed by atoms with van der Waals surface area (Å²) in [5.74, 6) is -1.46. The molecule has 22 heavy (non-hydrogen) atoms. The van der Waals surface area contributed by atoms with Gasteiger partial charge in [0.05, 0.1) is 10.0 Å². The number of nitrogens with zero attached hydrogens (tertiary/aromatic N) is 1. The quantitative estimate of drug-likeness (QED) is 0.420. The lowest BCUT2D eigenvalue weighted by Gasteiger charge is -2.15. The third-order valence-electron chi connectivity index (χ3n) is 2.39. The highest BCUT2D eigenvalue weighted by atomic mass is 35.5. The maximum atomic E-state index is 13.0. The van der Waals surface area contributed by atoms with Gasteiger partial charge >= 0.3 is 6.18 Å². The van der Waals surface area contributed by atoms with Crippen molar-refractivity contribution in [3.05, 3.63) is 49.8 Å². The summed E-state index contributed by atoms with van der Waals surface area (Å²) in [6, 6.07) is 3.01. The number of hydrogen-bond acceptors (Lipinski definition) is 2. The van der Waals surface area contributed by atoms with E-state index in [1.54, 1.807) is 0 Å². The molecule has 118 valence electrons. The Hall–Kier alpha value is -0.950. The summed E-state index contributed by atoms with van der Waals surface area (Å²) in [6.07, 6.45) is -4.87. The maximum absolute atomic E-state index is 13.0. The van der Waals surface area contributed by atoms with Crippen LogP contribution >= 0.6 is 46.4 Å². The van der Waals surface area contributed by atoms with E-state index in [2.05, 4.69) is 4.98 Å². The maximum Gasteiger partial charge on any atom is 0.419 e. The largest absolute Gasteiger partial charge is 0.436 e. The molecule has 1 aromatic heterocycles. The third kappa shape index (κ3) is 3.51. The zero-order valence-electron chi connectivity index (χ0n) is 10.1. The molecule has 1 heterocycles. The Kier molecular flexibility index (Phi) is 4.96. The highest BCUT2D eigenvalue weighted by Gasteiger charge is 2.39. The van der Waals surface area contributed by atoms with Gasteiger partial charge in [-0.05, 0) is 18.2 Å². The summed E-state index contributed by atoms with van der Waals surface area (Å²) in [7, 11) is 0. The van der Waals surface area contributed by atoms with E-state index in [0.29, 0.717) is 0 Å². The normalized spacial score (nSPS) is 11.6. The van der Waals surface area contributed by atoms with Crippen LogP contribution in [-0.2, 0) is 6.18 Å². The number of rotatable bonds is 2. The van der Waals surface area contributed by atoms with E-state index >= 15 is 0 Å². The van der Waals surface area contributed by atoms with Gasteiger partial charge in [-0.15, -0.1) is 0 Å². The molecule has 0 aliphatic heterocycles. The zero-order chi connectivity index (χ0) is 16.7. The summed E-state index contributed by atoms with van der Waals surface area (Å²) in [5.41, 5.74) is -1.39. The van der Waals surface area contributed by atoms with Crippen molar-refractivity contribution in [2.24, 2.45) is 0 Å². The Labute approximate surface area is 141 Å². The lowest BCUT2D eigenvalue weighted by molar-refractivity contribution is -0.137. The molecule has 0 amide bonds. The molecule has 0 aliphatic rings. The molecule has 0 aliphatic carbocycles. The second-order valence-electron chi connectivity index (χ2n) is 3.89. The summed E-state index contributed by atoms with van der Waals surface area (Å²) in [4.78, 5) is 3.53. The molecule has 0 N–H and O–H groups in total. The minimum Gasteiger partial charge on any atom is -0.436 e. The van der Waals surface area contributed by atoms with Crippen molar-refractivity contribution in [3.63, 3.8) is 0 Å². The average Bonchev–Trinajstić information content (AvgIpc) is 2.37. The van der Waals surface area contributed by atoms with E-state index in [9.17, 15) is 17.6 Å². The van der Waals surface area contributed by atoms with Gasteiger partial charge in [-0.25, -0.2) is 4.39 Å². The molecule has 0 saturated carbocycles. The van der Waals surface area contributed by atoms with Crippen LogP contribution in [0.15, 0.2) is 18.2 Å². The first-order chi connectivity index (χ1) is 10.1. The fraction of sp³-hybridized carbons (Fsp3) is 0.0833. The standard InChI is InChI=1S/C12H3Cl4F4NO/c13-5-3-4(17)1-2-6(5)22-11-9(15)7(12(18,19)20)8(14)10(16)21-11/h1-3H. The van der Waals surface area contributed by atoms with Crippen LogP contribution in [0.3, 0.4) is 0 Å². The second kappa shape index (κ2) is 6.28. The van der Waals surface area contributed by atoms with Crippen LogP contribution in [0.4, 0.5) is 17.6 Å². The van der Waals surface area contributed by atoms with Gasteiger partial charge in [-0.1, -0.05) is 46.4 Å². The molecule has 1 aromatic carbocycles. The Morgan fingerprint density at radius 2 is 1.64 bits per heavy atom. The SMILES string of the molecule is Fc1ccc(Oc2nc(Cl)c(Cl)c(C(F)(F)F)c2Cl)c(Cl)c1. The molecule has 0 bridgehead atoms. The van der Waals surface area contributed by atoms with Gasteiger partial charge in [-0.2, -0.15) is 18.2 Å². The van der Waals surface area contributed by atoms with E-state index in [1.807, 2.05) is 0 Å². The molecule has 10 heteroatoms. The number of ether oxygens (including phenoxy) is 1. The van der Waals surface area contributed by atoms with E-state index in [1.165, 1.54) is 0 Å². The van der Waals surface area contributed by atoms with Crippen molar-refractivity contribution in [2.75, 3.05) is 0 Å². The molecular weight excluding hydrogens is 392 g/mol. The van der Waals surface area contributed by atoms with Crippen molar-refractivity contribution in [1.29, 1.82) is 0 Å². The van der Waals surface area contributed by atoms with E-state index in [0.717, 1.165) is 18.2 Å². The minimum atomic E-state index is -4.87. The van der Waals surface area contributed by atoms with Crippen LogP contribution in [-0.4, -0.2) is 4.98 Å². The molecule has 0 fully saturated rings. The number of alkyl halides is 3. The number of aromatic nitrogens is 1. The summed E-state index contributed by atoms with van der Waals surface area (Å²) in [6.45, 7) is 0. The molecule has 0 unspecified atom stereocenters. The van der Waals surface area contributed by atoms with E-state index in [-0.39, 0.29) is 10.8 Å². The lowest BCUT2D eigenvalue weighted by Crippen LogP contribution is -2.09. The van der Waals surface area contributed by atoms with E-state index < -0.39 is 38.6 Å². The fourth-order valence-corrected chi connectivity index (χ4v) is 2.42. The highest BCUT2D eigenvalue weighted by molar-refractivity contribution is 6.43. The molecule has 2 aromatic rings. The van der Waals surface area contributed by atoms with Crippen molar-refractivity contribution >= 4 is 46.4 Å².